The van der Waals surface area contributed by atoms with Crippen LogP contribution in [0.3, 0.4) is 0 Å². The summed E-state index contributed by atoms with van der Waals surface area (Å²) >= 11 is 0. The largest absolute Gasteiger partial charge is 0.370 e. The molecule has 0 aliphatic heterocycles. The normalized spacial score (nSPS) is 9.70. The highest BCUT2D eigenvalue weighted by Crippen LogP contribution is 1.88. The van der Waals surface area contributed by atoms with Gasteiger partial charge >= 0.3 is 0 Å². The lowest BCUT2D eigenvalue weighted by molar-refractivity contribution is -0.120. The second kappa shape index (κ2) is 3.99. The van der Waals surface area contributed by atoms with Gasteiger partial charge in [0.25, 0.3) is 0 Å². The Kier molecular flexibility index (Phi) is 3.63. The zero-order valence-electron chi connectivity index (χ0n) is 5.07. The molecule has 0 fully saturated rings. The van der Waals surface area contributed by atoms with Crippen LogP contribution in [0.1, 0.15) is 12.8 Å². The molecule has 0 aliphatic rings. The summed E-state index contributed by atoms with van der Waals surface area (Å²) in [4.78, 5) is 20.2. The lowest BCUT2D eigenvalue weighted by atomic mass is 10.3. The Labute approximate surface area is 59.2 Å². The molecular weight excluding hydrogens is 158 g/mol. The van der Waals surface area contributed by atoms with Crippen LogP contribution in [0.15, 0.2) is 0 Å². The monoisotopic (exact) mass is 165 g/mol. The molecule has 0 aromatic rings. The summed E-state index contributed by atoms with van der Waals surface area (Å²) in [5.74, 6) is -0.676. The van der Waals surface area contributed by atoms with E-state index < -0.39 is 21.7 Å². The van der Waals surface area contributed by atoms with E-state index in [9.17, 15) is 18.0 Å². The van der Waals surface area contributed by atoms with Crippen molar-refractivity contribution in [3.8, 4) is 0 Å². The second-order valence-corrected chi connectivity index (χ2v) is 2.63. The van der Waals surface area contributed by atoms with Crippen molar-refractivity contribution in [2.75, 3.05) is 0 Å². The highest BCUT2D eigenvalue weighted by Gasteiger charge is 2.05. The van der Waals surface area contributed by atoms with Crippen molar-refractivity contribution in [2.45, 2.75) is 12.8 Å². The summed E-state index contributed by atoms with van der Waals surface area (Å²) < 4.78 is 19.7. The summed E-state index contributed by atoms with van der Waals surface area (Å²) in [6, 6.07) is 0. The van der Waals surface area contributed by atoms with E-state index in [0.29, 0.717) is 0 Å². The zero-order chi connectivity index (χ0) is 8.15. The van der Waals surface area contributed by atoms with Gasteiger partial charge < -0.3 is 5.73 Å². The topological polar surface area (TPSA) is 94.3 Å². The maximum atomic E-state index is 10.2. The van der Waals surface area contributed by atoms with Crippen LogP contribution >= 0.6 is 0 Å². The van der Waals surface area contributed by atoms with E-state index in [1.54, 1.807) is 0 Å². The Morgan fingerprint density at radius 2 is 1.70 bits per heavy atom. The van der Waals surface area contributed by atoms with Gasteiger partial charge in [0.15, 0.2) is 0 Å². The van der Waals surface area contributed by atoms with Crippen LogP contribution in [-0.4, -0.2) is 19.4 Å². The van der Waals surface area contributed by atoms with Gasteiger partial charge in [0, 0.05) is 12.8 Å². The first-order valence-electron chi connectivity index (χ1n) is 2.49. The summed E-state index contributed by atoms with van der Waals surface area (Å²) in [5.41, 5.74) is 4.65. The zero-order valence-corrected chi connectivity index (χ0v) is 5.97. The van der Waals surface area contributed by atoms with Crippen molar-refractivity contribution >= 4 is 21.7 Å². The van der Waals surface area contributed by atoms with E-state index in [0.717, 1.165) is 0 Å². The summed E-state index contributed by atoms with van der Waals surface area (Å²) in [6.07, 6.45) is -0.518. The molecule has 0 saturated carbocycles. The maximum Gasteiger partial charge on any atom is 0.244 e. The molecule has 0 aromatic heterocycles. The predicted molar refractivity (Wildman–Crippen MR) is 33.8 cm³/mol. The molecule has 58 valence electrons. The van der Waals surface area contributed by atoms with E-state index in [1.807, 2.05) is 0 Å². The Balaban J connectivity index is 3.71. The van der Waals surface area contributed by atoms with Crippen molar-refractivity contribution in [2.24, 2.45) is 5.73 Å². The fourth-order valence-corrected chi connectivity index (χ4v) is 0.616. The third-order valence-corrected chi connectivity index (χ3v) is 1.42. The highest BCUT2D eigenvalue weighted by molar-refractivity contribution is 7.89. The standard InChI is InChI=1S/C4H7NO4S/c5-3(6)1-2-4(7)10(8)9/h10H,1-2H2,(H2,5,6). The van der Waals surface area contributed by atoms with Gasteiger partial charge in [0.2, 0.25) is 21.7 Å². The molecule has 0 aromatic carbocycles. The third kappa shape index (κ3) is 4.02. The molecule has 2 N–H and O–H groups in total. The first-order valence-corrected chi connectivity index (χ1v) is 3.67. The van der Waals surface area contributed by atoms with Gasteiger partial charge in [-0.2, -0.15) is 0 Å². The SMILES string of the molecule is NC(=O)CCC(=O)[SH](=O)=O. The van der Waals surface area contributed by atoms with Crippen LogP contribution in [0.4, 0.5) is 0 Å². The Morgan fingerprint density at radius 3 is 2.00 bits per heavy atom. The van der Waals surface area contributed by atoms with Gasteiger partial charge in [-0.05, 0) is 0 Å². The summed E-state index contributed by atoms with van der Waals surface area (Å²) in [7, 11) is -3.04. The van der Waals surface area contributed by atoms with Gasteiger partial charge in [0.1, 0.15) is 0 Å². The van der Waals surface area contributed by atoms with Crippen molar-refractivity contribution in [1.29, 1.82) is 0 Å². The van der Waals surface area contributed by atoms with Crippen LogP contribution in [-0.2, 0) is 20.3 Å². The van der Waals surface area contributed by atoms with Crippen molar-refractivity contribution in [1.82, 2.24) is 0 Å². The number of carbonyl (C=O) groups is 2. The molecule has 0 spiro atoms. The molecule has 0 unspecified atom stereocenters. The quantitative estimate of drug-likeness (QED) is 0.492. The van der Waals surface area contributed by atoms with Crippen molar-refractivity contribution in [3.05, 3.63) is 0 Å². The number of amides is 1. The number of hydrogen-bond donors (Lipinski definition) is 2. The number of nitrogens with two attached hydrogens (primary N) is 1. The Hall–Kier alpha value is -0.910. The lowest BCUT2D eigenvalue weighted by Gasteiger charge is -1.87. The Bertz CT molecular complexity index is 211. The molecule has 10 heavy (non-hydrogen) atoms. The van der Waals surface area contributed by atoms with Crippen LogP contribution in [0.25, 0.3) is 0 Å². The van der Waals surface area contributed by atoms with E-state index in [4.69, 9.17) is 0 Å². The van der Waals surface area contributed by atoms with Gasteiger partial charge in [-0.25, -0.2) is 8.42 Å². The first-order chi connectivity index (χ1) is 4.54. The molecule has 0 rings (SSSR count). The average molecular weight is 165 g/mol. The fraction of sp³-hybridized carbons (Fsp3) is 0.500. The number of thiol groups is 1. The van der Waals surface area contributed by atoms with E-state index in [2.05, 4.69) is 5.73 Å². The lowest BCUT2D eigenvalue weighted by Crippen LogP contribution is -2.12. The molecule has 0 bridgehead atoms. The minimum atomic E-state index is -3.04. The van der Waals surface area contributed by atoms with Gasteiger partial charge in [0.05, 0.1) is 0 Å². The minimum Gasteiger partial charge on any atom is -0.370 e. The molecule has 0 heterocycles. The van der Waals surface area contributed by atoms with Gasteiger partial charge in [-0.1, -0.05) is 0 Å². The predicted octanol–water partition coefficient (Wildman–Crippen LogP) is -1.61. The highest BCUT2D eigenvalue weighted by atomic mass is 32.2. The third-order valence-electron chi connectivity index (χ3n) is 0.789. The molecule has 0 atom stereocenters. The Morgan fingerprint density at radius 1 is 1.20 bits per heavy atom. The van der Waals surface area contributed by atoms with Crippen LogP contribution < -0.4 is 5.73 Å². The van der Waals surface area contributed by atoms with Gasteiger partial charge in [-0.3, -0.25) is 9.59 Å². The molecule has 0 aliphatic carbocycles. The fourth-order valence-electron chi connectivity index (χ4n) is 0.321. The molecule has 0 radical (unpaired) electrons. The van der Waals surface area contributed by atoms with Crippen LogP contribution in [0, 0.1) is 0 Å². The van der Waals surface area contributed by atoms with E-state index in [-0.39, 0.29) is 12.8 Å². The average Bonchev–Trinajstić information content (AvgIpc) is 1.82. The molecular formula is C4H7NO4S. The number of carbonyl (C=O) groups excluding carboxylic acids is 2. The molecule has 0 saturated heterocycles. The van der Waals surface area contributed by atoms with E-state index in [1.165, 1.54) is 0 Å². The number of hydrogen-bond acceptors (Lipinski definition) is 4. The van der Waals surface area contributed by atoms with Crippen LogP contribution in [0.5, 0.6) is 0 Å². The summed E-state index contributed by atoms with van der Waals surface area (Å²) in [6.45, 7) is 0. The maximum absolute atomic E-state index is 10.2. The van der Waals surface area contributed by atoms with Gasteiger partial charge in [-0.15, -0.1) is 0 Å². The number of rotatable bonds is 3. The number of primary amides is 1. The summed E-state index contributed by atoms with van der Waals surface area (Å²) in [5, 5.41) is -0.950. The molecule has 1 amide bonds. The van der Waals surface area contributed by atoms with Crippen molar-refractivity contribution in [3.63, 3.8) is 0 Å². The van der Waals surface area contributed by atoms with Crippen molar-refractivity contribution < 1.29 is 18.0 Å². The smallest absolute Gasteiger partial charge is 0.244 e. The second-order valence-electron chi connectivity index (χ2n) is 1.62. The first kappa shape index (κ1) is 9.09. The van der Waals surface area contributed by atoms with Crippen LogP contribution in [0.2, 0.25) is 0 Å². The molecule has 5 nitrogen and oxygen atoms in total. The molecule has 6 heteroatoms. The minimum absolute atomic E-state index is 0.206. The van der Waals surface area contributed by atoms with E-state index >= 15 is 0 Å².